The molecule has 1 saturated heterocycles. The van der Waals surface area contributed by atoms with Gasteiger partial charge in [-0.3, -0.25) is 4.79 Å². The van der Waals surface area contributed by atoms with Gasteiger partial charge in [0.05, 0.1) is 12.2 Å². The lowest BCUT2D eigenvalue weighted by Crippen LogP contribution is -2.39. The molecule has 1 amide bonds. The number of amides is 1. The fraction of sp³-hybridized carbons (Fsp3) is 0.667. The van der Waals surface area contributed by atoms with Crippen molar-refractivity contribution >= 4 is 22.4 Å². The van der Waals surface area contributed by atoms with Crippen molar-refractivity contribution in [2.45, 2.75) is 32.6 Å². The Morgan fingerprint density at radius 1 is 1.47 bits per heavy atom. The van der Waals surface area contributed by atoms with Gasteiger partial charge in [0.15, 0.2) is 5.13 Å². The van der Waals surface area contributed by atoms with Crippen molar-refractivity contribution in [1.29, 1.82) is 0 Å². The van der Waals surface area contributed by atoms with Gasteiger partial charge in [-0.1, -0.05) is 6.92 Å². The van der Waals surface area contributed by atoms with E-state index in [0.717, 1.165) is 43.2 Å². The molecule has 0 atom stereocenters. The van der Waals surface area contributed by atoms with Crippen molar-refractivity contribution in [2.24, 2.45) is 0 Å². The van der Waals surface area contributed by atoms with Crippen LogP contribution in [0.3, 0.4) is 0 Å². The summed E-state index contributed by atoms with van der Waals surface area (Å²) in [5.41, 5.74) is 1.09. The van der Waals surface area contributed by atoms with Gasteiger partial charge in [0.2, 0.25) is 5.91 Å². The Bertz CT molecular complexity index is 372. The highest BCUT2D eigenvalue weighted by Gasteiger charge is 2.16. The Kier molecular flexibility index (Phi) is 4.36. The molecule has 1 fully saturated rings. The molecular weight excluding hydrogens is 234 g/mol. The molecule has 0 unspecified atom stereocenters. The monoisotopic (exact) mass is 253 g/mol. The van der Waals surface area contributed by atoms with E-state index in [1.54, 1.807) is 11.3 Å². The zero-order valence-corrected chi connectivity index (χ0v) is 11.1. The average Bonchev–Trinajstić information content (AvgIpc) is 2.85. The highest BCUT2D eigenvalue weighted by atomic mass is 32.1. The second kappa shape index (κ2) is 6.00. The molecule has 0 radical (unpaired) electrons. The smallest absolute Gasteiger partial charge is 0.241 e. The van der Waals surface area contributed by atoms with E-state index < -0.39 is 0 Å². The van der Waals surface area contributed by atoms with E-state index in [4.69, 9.17) is 0 Å². The molecule has 1 aliphatic rings. The van der Waals surface area contributed by atoms with Gasteiger partial charge in [0.25, 0.3) is 0 Å². The van der Waals surface area contributed by atoms with Crippen LogP contribution < -0.4 is 5.32 Å². The van der Waals surface area contributed by atoms with E-state index in [2.05, 4.69) is 17.2 Å². The van der Waals surface area contributed by atoms with E-state index >= 15 is 0 Å². The molecule has 5 heteroatoms. The first-order valence-electron chi connectivity index (χ1n) is 6.25. The Balaban J connectivity index is 1.78. The minimum Gasteiger partial charge on any atom is -0.352 e. The van der Waals surface area contributed by atoms with Gasteiger partial charge >= 0.3 is 0 Å². The topological polar surface area (TPSA) is 45.2 Å². The van der Waals surface area contributed by atoms with Gasteiger partial charge in [0.1, 0.15) is 0 Å². The molecule has 94 valence electrons. The van der Waals surface area contributed by atoms with Crippen LogP contribution in [0.1, 0.15) is 31.9 Å². The highest BCUT2D eigenvalue weighted by Crippen LogP contribution is 2.15. The van der Waals surface area contributed by atoms with Crippen LogP contribution in [0.15, 0.2) is 5.38 Å². The van der Waals surface area contributed by atoms with E-state index in [0.29, 0.717) is 6.54 Å². The minimum absolute atomic E-state index is 0.193. The summed E-state index contributed by atoms with van der Waals surface area (Å²) in [7, 11) is 0. The number of carbonyl (C=O) groups is 1. The number of anilines is 1. The number of piperidine rings is 1. The van der Waals surface area contributed by atoms with Crippen molar-refractivity contribution in [3.05, 3.63) is 11.1 Å². The maximum absolute atomic E-state index is 11.9. The number of aromatic nitrogens is 1. The van der Waals surface area contributed by atoms with Gasteiger partial charge < -0.3 is 10.2 Å². The molecule has 0 aliphatic carbocycles. The molecular formula is C12H19N3OS. The zero-order valence-electron chi connectivity index (χ0n) is 10.2. The fourth-order valence-corrected chi connectivity index (χ4v) is 2.75. The lowest BCUT2D eigenvalue weighted by atomic mass is 10.1. The highest BCUT2D eigenvalue weighted by molar-refractivity contribution is 7.13. The van der Waals surface area contributed by atoms with Crippen LogP contribution in [0.2, 0.25) is 0 Å². The first-order valence-corrected chi connectivity index (χ1v) is 7.13. The predicted octanol–water partition coefficient (Wildman–Crippen LogP) is 2.13. The van der Waals surface area contributed by atoms with Gasteiger partial charge in [-0.25, -0.2) is 4.98 Å². The Hall–Kier alpha value is -1.10. The maximum atomic E-state index is 11.9. The molecule has 1 aromatic heterocycles. The number of likely N-dealkylation sites (tertiary alicyclic amines) is 1. The molecule has 1 aromatic rings. The molecule has 2 heterocycles. The van der Waals surface area contributed by atoms with E-state index in [-0.39, 0.29) is 5.91 Å². The average molecular weight is 253 g/mol. The van der Waals surface area contributed by atoms with Crippen LogP contribution in [0.25, 0.3) is 0 Å². The molecule has 0 bridgehead atoms. The lowest BCUT2D eigenvalue weighted by Gasteiger charge is -2.26. The third-order valence-electron chi connectivity index (χ3n) is 3.01. The zero-order chi connectivity index (χ0) is 12.1. The largest absolute Gasteiger partial charge is 0.352 e. The Labute approximate surface area is 106 Å². The quantitative estimate of drug-likeness (QED) is 0.894. The summed E-state index contributed by atoms with van der Waals surface area (Å²) in [6, 6.07) is 0. The summed E-state index contributed by atoms with van der Waals surface area (Å²) in [5, 5.41) is 6.00. The van der Waals surface area contributed by atoms with E-state index in [1.807, 2.05) is 10.3 Å². The van der Waals surface area contributed by atoms with Crippen molar-refractivity contribution in [3.63, 3.8) is 0 Å². The standard InChI is InChI=1S/C12H19N3OS/c1-2-10-9-17-12(14-10)13-8-11(16)15-6-4-3-5-7-15/h9H,2-8H2,1H3,(H,13,14). The van der Waals surface area contributed by atoms with Gasteiger partial charge in [-0.05, 0) is 25.7 Å². The molecule has 0 saturated carbocycles. The summed E-state index contributed by atoms with van der Waals surface area (Å²) in [5.74, 6) is 0.193. The van der Waals surface area contributed by atoms with Crippen LogP contribution >= 0.6 is 11.3 Å². The van der Waals surface area contributed by atoms with Gasteiger partial charge in [-0.2, -0.15) is 0 Å². The minimum atomic E-state index is 0.193. The molecule has 0 spiro atoms. The van der Waals surface area contributed by atoms with Crippen molar-refractivity contribution in [2.75, 3.05) is 25.0 Å². The van der Waals surface area contributed by atoms with Crippen LogP contribution in [-0.4, -0.2) is 35.4 Å². The third-order valence-corrected chi connectivity index (χ3v) is 3.86. The second-order valence-corrected chi connectivity index (χ2v) is 5.15. The van der Waals surface area contributed by atoms with Gasteiger partial charge in [-0.15, -0.1) is 11.3 Å². The fourth-order valence-electron chi connectivity index (χ4n) is 1.96. The number of nitrogens with zero attached hydrogens (tertiary/aromatic N) is 2. The summed E-state index contributed by atoms with van der Waals surface area (Å²) < 4.78 is 0. The van der Waals surface area contributed by atoms with Crippen molar-refractivity contribution in [1.82, 2.24) is 9.88 Å². The molecule has 4 nitrogen and oxygen atoms in total. The van der Waals surface area contributed by atoms with Crippen molar-refractivity contribution < 1.29 is 4.79 Å². The molecule has 0 aromatic carbocycles. The predicted molar refractivity (Wildman–Crippen MR) is 70.4 cm³/mol. The summed E-state index contributed by atoms with van der Waals surface area (Å²) >= 11 is 1.57. The maximum Gasteiger partial charge on any atom is 0.241 e. The Morgan fingerprint density at radius 2 is 2.24 bits per heavy atom. The summed E-state index contributed by atoms with van der Waals surface area (Å²) in [6.07, 6.45) is 4.48. The molecule has 2 rings (SSSR count). The molecule has 1 aliphatic heterocycles. The number of aryl methyl sites for hydroxylation is 1. The van der Waals surface area contributed by atoms with Crippen LogP contribution in [0.5, 0.6) is 0 Å². The number of thiazole rings is 1. The number of hydrogen-bond donors (Lipinski definition) is 1. The number of carbonyl (C=O) groups excluding carboxylic acids is 1. The number of rotatable bonds is 4. The van der Waals surface area contributed by atoms with Crippen LogP contribution in [0, 0.1) is 0 Å². The van der Waals surface area contributed by atoms with Crippen molar-refractivity contribution in [3.8, 4) is 0 Å². The summed E-state index contributed by atoms with van der Waals surface area (Å²) in [4.78, 5) is 18.2. The number of nitrogens with one attached hydrogen (secondary N) is 1. The van der Waals surface area contributed by atoms with E-state index in [1.165, 1.54) is 6.42 Å². The van der Waals surface area contributed by atoms with Gasteiger partial charge in [0, 0.05) is 18.5 Å². The SMILES string of the molecule is CCc1csc(NCC(=O)N2CCCCC2)n1. The van der Waals surface area contributed by atoms with Crippen LogP contribution in [0.4, 0.5) is 5.13 Å². The molecule has 1 N–H and O–H groups in total. The molecule has 17 heavy (non-hydrogen) atoms. The van der Waals surface area contributed by atoms with Crippen LogP contribution in [-0.2, 0) is 11.2 Å². The number of hydrogen-bond acceptors (Lipinski definition) is 4. The normalized spacial score (nSPS) is 15.9. The second-order valence-electron chi connectivity index (χ2n) is 4.29. The first kappa shape index (κ1) is 12.4. The lowest BCUT2D eigenvalue weighted by molar-refractivity contribution is -0.130. The first-order chi connectivity index (χ1) is 8.29. The summed E-state index contributed by atoms with van der Waals surface area (Å²) in [6.45, 7) is 4.28. The Morgan fingerprint density at radius 3 is 2.88 bits per heavy atom. The third kappa shape index (κ3) is 3.43. The van der Waals surface area contributed by atoms with E-state index in [9.17, 15) is 4.79 Å².